The highest BCUT2D eigenvalue weighted by Crippen LogP contribution is 2.36. The Kier molecular flexibility index (Phi) is 3.54. The Morgan fingerprint density at radius 3 is 2.70 bits per heavy atom. The van der Waals surface area contributed by atoms with Gasteiger partial charge in [0, 0.05) is 16.1 Å². The van der Waals surface area contributed by atoms with E-state index in [4.69, 9.17) is 16.3 Å². The molecule has 2 aromatic heterocycles. The molecule has 2 heterocycles. The predicted molar refractivity (Wildman–Crippen MR) is 82.0 cm³/mol. The second-order valence-corrected chi connectivity index (χ2v) is 5.32. The van der Waals surface area contributed by atoms with Gasteiger partial charge >= 0.3 is 0 Å². The molecule has 6 heteroatoms. The summed E-state index contributed by atoms with van der Waals surface area (Å²) < 4.78 is 6.46. The number of ether oxygens (including phenoxy) is 1. The minimum atomic E-state index is 0.351. The number of hydrogen-bond donors (Lipinski definition) is 0. The van der Waals surface area contributed by atoms with Crippen LogP contribution in [0.5, 0.6) is 5.75 Å². The van der Waals surface area contributed by atoms with Crippen molar-refractivity contribution in [3.05, 3.63) is 46.2 Å². The summed E-state index contributed by atoms with van der Waals surface area (Å²) in [6.07, 6.45) is 1.73. The molecular weight excluding hydrogens is 342 g/mol. The van der Waals surface area contributed by atoms with Crippen LogP contribution in [0, 0.1) is 0 Å². The Hall–Kier alpha value is -1.72. The van der Waals surface area contributed by atoms with Crippen LogP contribution < -0.4 is 4.74 Å². The molecule has 0 fully saturated rings. The fraction of sp³-hybridized carbons (Fsp3) is 0.0714. The zero-order valence-corrected chi connectivity index (χ0v) is 12.8. The molecule has 0 atom stereocenters. The summed E-state index contributed by atoms with van der Waals surface area (Å²) in [5.41, 5.74) is 2.29. The topological polar surface area (TPSA) is 47.9 Å². The van der Waals surface area contributed by atoms with Gasteiger partial charge in [0.05, 0.1) is 23.9 Å². The number of para-hydroxylation sites is 1. The minimum Gasteiger partial charge on any atom is -0.495 e. The second kappa shape index (κ2) is 5.34. The molecule has 100 valence electrons. The third-order valence-electron chi connectivity index (χ3n) is 2.91. The fourth-order valence-electron chi connectivity index (χ4n) is 2.02. The Morgan fingerprint density at radius 2 is 2.00 bits per heavy atom. The number of methoxy groups -OCH3 is 1. The van der Waals surface area contributed by atoms with Crippen molar-refractivity contribution in [3.8, 4) is 17.0 Å². The van der Waals surface area contributed by atoms with Gasteiger partial charge in [-0.1, -0.05) is 17.7 Å². The quantitative estimate of drug-likeness (QED) is 0.697. The van der Waals surface area contributed by atoms with Gasteiger partial charge in [-0.2, -0.15) is 0 Å². The molecule has 3 rings (SSSR count). The van der Waals surface area contributed by atoms with Crippen LogP contribution in [0.3, 0.4) is 0 Å². The molecule has 3 aromatic rings. The van der Waals surface area contributed by atoms with Crippen LogP contribution in [0.1, 0.15) is 0 Å². The van der Waals surface area contributed by atoms with Crippen molar-refractivity contribution < 1.29 is 4.74 Å². The first-order valence-corrected chi connectivity index (χ1v) is 6.98. The lowest BCUT2D eigenvalue weighted by Gasteiger charge is -2.11. The molecule has 4 nitrogen and oxygen atoms in total. The number of halogens is 2. The average molecular weight is 351 g/mol. The normalized spacial score (nSPS) is 10.8. The summed E-state index contributed by atoms with van der Waals surface area (Å²) in [4.78, 5) is 4.46. The highest BCUT2D eigenvalue weighted by atomic mass is 79.9. The SMILES string of the molecule is COc1c(-c2ccc(Cl)nn2)cnc2c(Br)cccc12. The van der Waals surface area contributed by atoms with Crippen LogP contribution in [0.4, 0.5) is 0 Å². The van der Waals surface area contributed by atoms with Crippen LogP contribution in [0.2, 0.25) is 5.15 Å². The molecule has 0 saturated heterocycles. The summed E-state index contributed by atoms with van der Waals surface area (Å²) in [6, 6.07) is 9.32. The third-order valence-corrected chi connectivity index (χ3v) is 3.75. The molecule has 0 aliphatic carbocycles. The van der Waals surface area contributed by atoms with Crippen molar-refractivity contribution >= 4 is 38.4 Å². The molecule has 0 radical (unpaired) electrons. The molecule has 1 aromatic carbocycles. The Balaban J connectivity index is 2.29. The summed E-state index contributed by atoms with van der Waals surface area (Å²) in [5.74, 6) is 0.716. The Bertz CT molecular complexity index is 777. The molecule has 0 unspecified atom stereocenters. The number of rotatable bonds is 2. The predicted octanol–water partition coefficient (Wildman–Crippen LogP) is 4.12. The number of pyridine rings is 1. The van der Waals surface area contributed by atoms with Gasteiger partial charge in [-0.25, -0.2) is 0 Å². The van der Waals surface area contributed by atoms with Crippen LogP contribution in [0.15, 0.2) is 41.0 Å². The van der Waals surface area contributed by atoms with Crippen LogP contribution in [-0.4, -0.2) is 22.3 Å². The summed E-state index contributed by atoms with van der Waals surface area (Å²) in [5, 5.41) is 9.19. The van der Waals surface area contributed by atoms with Crippen molar-refractivity contribution in [1.29, 1.82) is 0 Å². The zero-order valence-electron chi connectivity index (χ0n) is 10.5. The van der Waals surface area contributed by atoms with Crippen LogP contribution >= 0.6 is 27.5 Å². The minimum absolute atomic E-state index is 0.351. The molecule has 0 amide bonds. The molecule has 0 saturated carbocycles. The van der Waals surface area contributed by atoms with Crippen molar-refractivity contribution in [2.45, 2.75) is 0 Å². The summed E-state index contributed by atoms with van der Waals surface area (Å²) in [6.45, 7) is 0. The molecule has 0 spiro atoms. The second-order valence-electron chi connectivity index (χ2n) is 4.08. The van der Waals surface area contributed by atoms with Crippen molar-refractivity contribution in [1.82, 2.24) is 15.2 Å². The van der Waals surface area contributed by atoms with E-state index in [2.05, 4.69) is 31.1 Å². The smallest absolute Gasteiger partial charge is 0.151 e. The van der Waals surface area contributed by atoms with E-state index in [1.165, 1.54) is 0 Å². The monoisotopic (exact) mass is 349 g/mol. The van der Waals surface area contributed by atoms with Gasteiger partial charge in [0.2, 0.25) is 0 Å². The highest BCUT2D eigenvalue weighted by Gasteiger charge is 2.14. The Morgan fingerprint density at radius 1 is 1.15 bits per heavy atom. The largest absolute Gasteiger partial charge is 0.495 e. The van der Waals surface area contributed by atoms with E-state index in [0.717, 1.165) is 20.9 Å². The number of nitrogens with zero attached hydrogens (tertiary/aromatic N) is 3. The maximum Gasteiger partial charge on any atom is 0.151 e. The van der Waals surface area contributed by atoms with E-state index < -0.39 is 0 Å². The van der Waals surface area contributed by atoms with E-state index in [-0.39, 0.29) is 0 Å². The standard InChI is InChI=1S/C14H9BrClN3O/c1-20-14-8-3-2-4-10(15)13(8)17-7-9(14)11-5-6-12(16)19-18-11/h2-7H,1H3. The molecular formula is C14H9BrClN3O. The van der Waals surface area contributed by atoms with Gasteiger partial charge in [-0.15, -0.1) is 10.2 Å². The van der Waals surface area contributed by atoms with E-state index >= 15 is 0 Å². The number of aromatic nitrogens is 3. The van der Waals surface area contributed by atoms with Gasteiger partial charge in [0.25, 0.3) is 0 Å². The molecule has 0 aliphatic rings. The lowest BCUT2D eigenvalue weighted by Crippen LogP contribution is -1.95. The van der Waals surface area contributed by atoms with E-state index in [0.29, 0.717) is 16.6 Å². The average Bonchev–Trinajstić information content (AvgIpc) is 2.47. The summed E-state index contributed by atoms with van der Waals surface area (Å²) >= 11 is 9.25. The van der Waals surface area contributed by atoms with Gasteiger partial charge in [0.15, 0.2) is 5.15 Å². The van der Waals surface area contributed by atoms with Crippen molar-refractivity contribution in [3.63, 3.8) is 0 Å². The van der Waals surface area contributed by atoms with Gasteiger partial charge in [-0.3, -0.25) is 4.98 Å². The number of fused-ring (bicyclic) bond motifs is 1. The van der Waals surface area contributed by atoms with Crippen LogP contribution in [0.25, 0.3) is 22.2 Å². The zero-order chi connectivity index (χ0) is 14.1. The summed E-state index contributed by atoms with van der Waals surface area (Å²) in [7, 11) is 1.63. The van der Waals surface area contributed by atoms with E-state index in [1.807, 2.05) is 18.2 Å². The molecule has 0 N–H and O–H groups in total. The maximum absolute atomic E-state index is 5.76. The van der Waals surface area contributed by atoms with Gasteiger partial charge in [-0.05, 0) is 40.2 Å². The van der Waals surface area contributed by atoms with Crippen molar-refractivity contribution in [2.24, 2.45) is 0 Å². The van der Waals surface area contributed by atoms with E-state index in [1.54, 1.807) is 25.4 Å². The van der Waals surface area contributed by atoms with Gasteiger partial charge < -0.3 is 4.74 Å². The first kappa shape index (κ1) is 13.3. The highest BCUT2D eigenvalue weighted by molar-refractivity contribution is 9.10. The molecule has 0 bridgehead atoms. The third kappa shape index (κ3) is 2.23. The maximum atomic E-state index is 5.76. The first-order valence-electron chi connectivity index (χ1n) is 5.81. The Labute approximate surface area is 128 Å². The van der Waals surface area contributed by atoms with Crippen LogP contribution in [-0.2, 0) is 0 Å². The lowest BCUT2D eigenvalue weighted by molar-refractivity contribution is 0.421. The van der Waals surface area contributed by atoms with Crippen molar-refractivity contribution in [2.75, 3.05) is 7.11 Å². The van der Waals surface area contributed by atoms with E-state index in [9.17, 15) is 0 Å². The lowest BCUT2D eigenvalue weighted by atomic mass is 10.1. The first-order chi connectivity index (χ1) is 9.70. The number of hydrogen-bond acceptors (Lipinski definition) is 4. The van der Waals surface area contributed by atoms with Gasteiger partial charge in [0.1, 0.15) is 5.75 Å². The molecule has 0 aliphatic heterocycles. The molecule has 20 heavy (non-hydrogen) atoms. The fourth-order valence-corrected chi connectivity index (χ4v) is 2.59. The number of benzene rings is 1.